The second-order valence-electron chi connectivity index (χ2n) is 3.56. The fourth-order valence-electron chi connectivity index (χ4n) is 1.49. The number of halogens is 2. The van der Waals surface area contributed by atoms with E-state index in [-0.39, 0.29) is 23.5 Å². The lowest BCUT2D eigenvalue weighted by atomic mass is 10.1. The Morgan fingerprint density at radius 1 is 1.41 bits per heavy atom. The Labute approximate surface area is 95.9 Å². The number of benzene rings is 1. The molecule has 88 valence electrons. The minimum atomic E-state index is -0.990. The highest BCUT2D eigenvalue weighted by Gasteiger charge is 2.15. The number of ketones is 1. The van der Waals surface area contributed by atoms with Crippen LogP contribution >= 0.6 is 0 Å². The topological polar surface area (TPSA) is 47.8 Å². The van der Waals surface area contributed by atoms with Gasteiger partial charge in [0.25, 0.3) is 0 Å². The summed E-state index contributed by atoms with van der Waals surface area (Å²) in [4.78, 5) is 11.8. The Hall–Kier alpha value is -2.11. The molecule has 0 aliphatic carbocycles. The van der Waals surface area contributed by atoms with Crippen molar-refractivity contribution in [2.24, 2.45) is 7.05 Å². The van der Waals surface area contributed by atoms with Crippen molar-refractivity contribution in [3.05, 3.63) is 47.3 Å². The van der Waals surface area contributed by atoms with Gasteiger partial charge in [0.1, 0.15) is 5.69 Å². The lowest BCUT2D eigenvalue weighted by Gasteiger charge is -2.03. The van der Waals surface area contributed by atoms with Crippen molar-refractivity contribution >= 4 is 5.78 Å². The van der Waals surface area contributed by atoms with Gasteiger partial charge < -0.3 is 0 Å². The minimum Gasteiger partial charge on any atom is -0.292 e. The monoisotopic (exact) mass is 237 g/mol. The molecule has 1 heterocycles. The summed E-state index contributed by atoms with van der Waals surface area (Å²) >= 11 is 0. The molecular weight excluding hydrogens is 228 g/mol. The predicted octanol–water partition coefficient (Wildman–Crippen LogP) is 1.52. The molecule has 0 aliphatic heterocycles. The Balaban J connectivity index is 2.25. The summed E-state index contributed by atoms with van der Waals surface area (Å²) < 4.78 is 27.6. The van der Waals surface area contributed by atoms with Gasteiger partial charge in [-0.25, -0.2) is 13.5 Å². The summed E-state index contributed by atoms with van der Waals surface area (Å²) in [6, 6.07) is 3.75. The first-order valence-electron chi connectivity index (χ1n) is 4.90. The van der Waals surface area contributed by atoms with Gasteiger partial charge >= 0.3 is 0 Å². The highest BCUT2D eigenvalue weighted by molar-refractivity contribution is 5.95. The minimum absolute atomic E-state index is 0.0243. The molecule has 0 N–H and O–H groups in total. The fourth-order valence-corrected chi connectivity index (χ4v) is 1.49. The van der Waals surface area contributed by atoms with Crippen molar-refractivity contribution in [1.29, 1.82) is 0 Å². The van der Waals surface area contributed by atoms with Crippen LogP contribution in [0.2, 0.25) is 0 Å². The first-order chi connectivity index (χ1) is 8.09. The molecule has 0 aliphatic rings. The maximum Gasteiger partial charge on any atom is 0.186 e. The van der Waals surface area contributed by atoms with E-state index in [4.69, 9.17) is 0 Å². The molecule has 1 aromatic carbocycles. The molecule has 2 aromatic rings. The Morgan fingerprint density at radius 2 is 2.18 bits per heavy atom. The van der Waals surface area contributed by atoms with Gasteiger partial charge in [0.2, 0.25) is 0 Å². The molecule has 0 bridgehead atoms. The lowest BCUT2D eigenvalue weighted by molar-refractivity contribution is 0.0982. The number of rotatable bonds is 3. The second kappa shape index (κ2) is 4.40. The van der Waals surface area contributed by atoms with E-state index in [1.807, 2.05) is 0 Å². The second-order valence-corrected chi connectivity index (χ2v) is 3.56. The fraction of sp³-hybridized carbons (Fsp3) is 0.182. The number of hydrogen-bond donors (Lipinski definition) is 0. The smallest absolute Gasteiger partial charge is 0.186 e. The molecule has 0 atom stereocenters. The van der Waals surface area contributed by atoms with Crippen molar-refractivity contribution in [2.45, 2.75) is 6.42 Å². The molecule has 17 heavy (non-hydrogen) atoms. The van der Waals surface area contributed by atoms with E-state index < -0.39 is 11.6 Å². The van der Waals surface area contributed by atoms with E-state index in [1.54, 1.807) is 7.05 Å². The van der Waals surface area contributed by atoms with Crippen LogP contribution in [0.1, 0.15) is 16.1 Å². The van der Waals surface area contributed by atoms with Gasteiger partial charge in [-0.2, -0.15) is 0 Å². The first-order valence-corrected chi connectivity index (χ1v) is 4.90. The van der Waals surface area contributed by atoms with Crippen molar-refractivity contribution in [2.75, 3.05) is 0 Å². The summed E-state index contributed by atoms with van der Waals surface area (Å²) in [6.45, 7) is 0. The predicted molar refractivity (Wildman–Crippen MR) is 55.4 cm³/mol. The number of aromatic nitrogens is 3. The quantitative estimate of drug-likeness (QED) is 0.760. The molecular formula is C11H9F2N3O. The van der Waals surface area contributed by atoms with Gasteiger partial charge in [-0.3, -0.25) is 4.79 Å². The molecule has 6 heteroatoms. The van der Waals surface area contributed by atoms with Crippen LogP contribution < -0.4 is 0 Å². The van der Waals surface area contributed by atoms with Gasteiger partial charge in [0.05, 0.1) is 6.20 Å². The summed E-state index contributed by atoms with van der Waals surface area (Å²) in [5.41, 5.74) is 0.282. The number of carbonyl (C=O) groups excluding carboxylic acids is 1. The van der Waals surface area contributed by atoms with Gasteiger partial charge in [0.15, 0.2) is 17.4 Å². The molecule has 0 unspecified atom stereocenters. The van der Waals surface area contributed by atoms with Crippen molar-refractivity contribution in [1.82, 2.24) is 15.0 Å². The number of aryl methyl sites for hydroxylation is 1. The van der Waals surface area contributed by atoms with E-state index in [9.17, 15) is 13.6 Å². The molecule has 0 saturated heterocycles. The van der Waals surface area contributed by atoms with Crippen LogP contribution in [0.3, 0.4) is 0 Å². The van der Waals surface area contributed by atoms with Crippen LogP contribution in [-0.2, 0) is 13.5 Å². The Morgan fingerprint density at radius 3 is 2.82 bits per heavy atom. The summed E-state index contributed by atoms with van der Waals surface area (Å²) in [7, 11) is 1.56. The third kappa shape index (κ3) is 2.20. The maximum absolute atomic E-state index is 13.3. The van der Waals surface area contributed by atoms with Crippen molar-refractivity contribution < 1.29 is 13.6 Å². The molecule has 0 amide bonds. The zero-order valence-electron chi connectivity index (χ0n) is 9.02. The van der Waals surface area contributed by atoms with Crippen LogP contribution in [0.25, 0.3) is 0 Å². The van der Waals surface area contributed by atoms with E-state index >= 15 is 0 Å². The number of Topliss-reactive ketones (excluding diaryl/α,β-unsaturated/α-hetero) is 1. The van der Waals surface area contributed by atoms with Crippen LogP contribution in [0, 0.1) is 11.6 Å². The molecule has 0 spiro atoms. The average Bonchev–Trinajstić information content (AvgIpc) is 2.71. The van der Waals surface area contributed by atoms with Crippen LogP contribution in [-0.4, -0.2) is 20.8 Å². The average molecular weight is 237 g/mol. The van der Waals surface area contributed by atoms with Crippen LogP contribution in [0.15, 0.2) is 24.4 Å². The molecule has 0 fully saturated rings. The van der Waals surface area contributed by atoms with Crippen molar-refractivity contribution in [3.63, 3.8) is 0 Å². The summed E-state index contributed by atoms with van der Waals surface area (Å²) in [6.07, 6.45) is 1.07. The van der Waals surface area contributed by atoms with E-state index in [0.717, 1.165) is 6.07 Å². The maximum atomic E-state index is 13.3. The van der Waals surface area contributed by atoms with E-state index in [0.29, 0.717) is 0 Å². The highest BCUT2D eigenvalue weighted by atomic mass is 19.2. The third-order valence-electron chi connectivity index (χ3n) is 2.38. The third-order valence-corrected chi connectivity index (χ3v) is 2.38. The number of nitrogens with zero attached hydrogens (tertiary/aromatic N) is 3. The van der Waals surface area contributed by atoms with Gasteiger partial charge in [-0.1, -0.05) is 17.3 Å². The van der Waals surface area contributed by atoms with E-state index in [2.05, 4.69) is 10.3 Å². The van der Waals surface area contributed by atoms with Gasteiger partial charge in [-0.15, -0.1) is 5.10 Å². The number of carbonyl (C=O) groups is 1. The van der Waals surface area contributed by atoms with Gasteiger partial charge in [0, 0.05) is 13.5 Å². The summed E-state index contributed by atoms with van der Waals surface area (Å²) in [5, 5.41) is 7.15. The Bertz CT molecular complexity index is 566. The van der Waals surface area contributed by atoms with Crippen LogP contribution in [0.5, 0.6) is 0 Å². The normalized spacial score (nSPS) is 10.5. The lowest BCUT2D eigenvalue weighted by Crippen LogP contribution is -2.11. The SMILES string of the molecule is Cn1nncc1C(=O)Cc1cccc(F)c1F. The molecule has 1 aromatic heterocycles. The molecule has 2 rings (SSSR count). The zero-order valence-corrected chi connectivity index (χ0v) is 9.02. The summed E-state index contributed by atoms with van der Waals surface area (Å²) in [5.74, 6) is -2.31. The largest absolute Gasteiger partial charge is 0.292 e. The van der Waals surface area contributed by atoms with Gasteiger partial charge in [-0.05, 0) is 11.6 Å². The van der Waals surface area contributed by atoms with E-state index in [1.165, 1.54) is 23.0 Å². The zero-order chi connectivity index (χ0) is 12.4. The standard InChI is InChI=1S/C11H9F2N3O/c1-16-9(6-14-15-16)10(17)5-7-3-2-4-8(12)11(7)13/h2-4,6H,5H2,1H3. The number of hydrogen-bond acceptors (Lipinski definition) is 3. The Kier molecular flexibility index (Phi) is 2.95. The van der Waals surface area contributed by atoms with Crippen LogP contribution in [0.4, 0.5) is 8.78 Å². The van der Waals surface area contributed by atoms with Crippen molar-refractivity contribution in [3.8, 4) is 0 Å². The molecule has 0 radical (unpaired) electrons. The molecule has 0 saturated carbocycles. The first kappa shape index (κ1) is 11.4. The highest BCUT2D eigenvalue weighted by Crippen LogP contribution is 2.13. The molecule has 4 nitrogen and oxygen atoms in total.